The van der Waals surface area contributed by atoms with E-state index in [-0.39, 0.29) is 0 Å². The number of hydrogen-bond donors (Lipinski definition) is 2. The molecule has 0 saturated carbocycles. The molecule has 0 spiro atoms. The maximum atomic E-state index is 10.6. The molecule has 1 aliphatic heterocycles. The molecule has 0 aromatic heterocycles. The molecule has 0 amide bonds. The molecule has 1 atom stereocenters. The second kappa shape index (κ2) is 8.22. The number of piperazine rings is 1. The minimum Gasteiger partial charge on any atom is -0.496 e. The van der Waals surface area contributed by atoms with Crippen molar-refractivity contribution in [2.75, 3.05) is 54.1 Å². The third kappa shape index (κ3) is 4.03. The second-order valence-electron chi connectivity index (χ2n) is 5.34. The summed E-state index contributed by atoms with van der Waals surface area (Å²) >= 11 is 0. The van der Waals surface area contributed by atoms with E-state index in [0.29, 0.717) is 29.2 Å². The van der Waals surface area contributed by atoms with Crippen molar-refractivity contribution in [2.45, 2.75) is 12.5 Å². The number of aliphatic hydroxyl groups excluding tert-OH is 1. The van der Waals surface area contributed by atoms with Gasteiger partial charge in [0, 0.05) is 44.9 Å². The first-order valence-electron chi connectivity index (χ1n) is 7.60. The lowest BCUT2D eigenvalue weighted by molar-refractivity contribution is 0.131. The summed E-state index contributed by atoms with van der Waals surface area (Å²) in [6.07, 6.45) is 0.00433. The third-order valence-corrected chi connectivity index (χ3v) is 4.01. The summed E-state index contributed by atoms with van der Waals surface area (Å²) in [5, 5.41) is 13.9. The van der Waals surface area contributed by atoms with E-state index in [9.17, 15) is 5.11 Å². The maximum Gasteiger partial charge on any atom is 0.132 e. The number of nitrogens with one attached hydrogen (secondary N) is 1. The Morgan fingerprint density at radius 3 is 2.18 bits per heavy atom. The summed E-state index contributed by atoms with van der Waals surface area (Å²) in [4.78, 5) is 2.35. The van der Waals surface area contributed by atoms with Crippen LogP contribution in [0.25, 0.3) is 0 Å². The van der Waals surface area contributed by atoms with Crippen LogP contribution in [0.3, 0.4) is 0 Å². The van der Waals surface area contributed by atoms with Gasteiger partial charge in [0.25, 0.3) is 0 Å². The van der Waals surface area contributed by atoms with Gasteiger partial charge in [-0.2, -0.15) is 0 Å². The number of benzene rings is 1. The summed E-state index contributed by atoms with van der Waals surface area (Å²) < 4.78 is 16.0. The lowest BCUT2D eigenvalue weighted by atomic mass is 10.0. The van der Waals surface area contributed by atoms with Gasteiger partial charge in [0.15, 0.2) is 0 Å². The molecule has 22 heavy (non-hydrogen) atoms. The molecular weight excluding hydrogens is 284 g/mol. The van der Waals surface area contributed by atoms with Crippen LogP contribution in [0.15, 0.2) is 12.1 Å². The fourth-order valence-corrected chi connectivity index (χ4v) is 2.74. The standard InChI is InChI=1S/C16H26N2O4/c1-20-12-10-14(21-2)16(15(11-12)22-3)13(19)4-7-18-8-5-17-6-9-18/h10-11,13,17,19H,4-9H2,1-3H3. The highest BCUT2D eigenvalue weighted by Crippen LogP contribution is 2.39. The van der Waals surface area contributed by atoms with E-state index >= 15 is 0 Å². The zero-order valence-electron chi connectivity index (χ0n) is 13.6. The van der Waals surface area contributed by atoms with E-state index < -0.39 is 6.10 Å². The lowest BCUT2D eigenvalue weighted by Crippen LogP contribution is -2.44. The van der Waals surface area contributed by atoms with E-state index in [2.05, 4.69) is 10.2 Å². The molecule has 6 nitrogen and oxygen atoms in total. The molecule has 1 saturated heterocycles. The van der Waals surface area contributed by atoms with Crippen LogP contribution >= 0.6 is 0 Å². The van der Waals surface area contributed by atoms with E-state index in [1.165, 1.54) is 0 Å². The van der Waals surface area contributed by atoms with Gasteiger partial charge in [0.05, 0.1) is 33.0 Å². The van der Waals surface area contributed by atoms with Crippen molar-refractivity contribution < 1.29 is 19.3 Å². The van der Waals surface area contributed by atoms with E-state index in [4.69, 9.17) is 14.2 Å². The van der Waals surface area contributed by atoms with Crippen molar-refractivity contribution in [3.8, 4) is 17.2 Å². The molecule has 1 heterocycles. The Morgan fingerprint density at radius 1 is 1.09 bits per heavy atom. The molecule has 0 bridgehead atoms. The minimum atomic E-state index is -0.634. The van der Waals surface area contributed by atoms with Crippen LogP contribution in [-0.4, -0.2) is 64.1 Å². The Bertz CT molecular complexity index is 450. The highest BCUT2D eigenvalue weighted by Gasteiger charge is 2.21. The SMILES string of the molecule is COc1cc(OC)c(C(O)CCN2CCNCC2)c(OC)c1. The number of nitrogens with zero attached hydrogens (tertiary/aromatic N) is 1. The van der Waals surface area contributed by atoms with Crippen LogP contribution in [0, 0.1) is 0 Å². The van der Waals surface area contributed by atoms with Crippen molar-refractivity contribution in [1.29, 1.82) is 0 Å². The molecule has 1 aliphatic rings. The first-order valence-corrected chi connectivity index (χ1v) is 7.60. The molecule has 1 fully saturated rings. The smallest absolute Gasteiger partial charge is 0.132 e. The summed E-state index contributed by atoms with van der Waals surface area (Å²) in [5.41, 5.74) is 0.681. The van der Waals surface area contributed by atoms with Gasteiger partial charge in [-0.15, -0.1) is 0 Å². The predicted molar refractivity (Wildman–Crippen MR) is 85.0 cm³/mol. The Morgan fingerprint density at radius 2 is 1.68 bits per heavy atom. The average molecular weight is 310 g/mol. The molecule has 1 aromatic rings. The number of hydrogen-bond acceptors (Lipinski definition) is 6. The first kappa shape index (κ1) is 16.9. The van der Waals surface area contributed by atoms with Gasteiger partial charge in [-0.3, -0.25) is 0 Å². The molecular formula is C16H26N2O4. The van der Waals surface area contributed by atoms with Crippen LogP contribution in [0.5, 0.6) is 17.2 Å². The number of aliphatic hydroxyl groups is 1. The van der Waals surface area contributed by atoms with Crippen LogP contribution < -0.4 is 19.5 Å². The monoisotopic (exact) mass is 310 g/mol. The summed E-state index contributed by atoms with van der Waals surface area (Å²) in [5.74, 6) is 1.82. The lowest BCUT2D eigenvalue weighted by Gasteiger charge is -2.28. The first-order chi connectivity index (χ1) is 10.7. The van der Waals surface area contributed by atoms with Crippen molar-refractivity contribution in [1.82, 2.24) is 10.2 Å². The Kier molecular flexibility index (Phi) is 6.30. The normalized spacial score (nSPS) is 17.1. The molecule has 2 rings (SSSR count). The second-order valence-corrected chi connectivity index (χ2v) is 5.34. The van der Waals surface area contributed by atoms with Crippen molar-refractivity contribution in [2.24, 2.45) is 0 Å². The Balaban J connectivity index is 2.11. The predicted octanol–water partition coefficient (Wildman–Crippen LogP) is 1.04. The van der Waals surface area contributed by atoms with Crippen molar-refractivity contribution in [3.63, 3.8) is 0 Å². The van der Waals surface area contributed by atoms with Gasteiger partial charge >= 0.3 is 0 Å². The molecule has 2 N–H and O–H groups in total. The van der Waals surface area contributed by atoms with Gasteiger partial charge in [0.1, 0.15) is 17.2 Å². The quantitative estimate of drug-likeness (QED) is 0.785. The van der Waals surface area contributed by atoms with Gasteiger partial charge in [-0.05, 0) is 6.42 Å². The van der Waals surface area contributed by atoms with Gasteiger partial charge in [-0.1, -0.05) is 0 Å². The van der Waals surface area contributed by atoms with E-state index in [0.717, 1.165) is 32.7 Å². The van der Waals surface area contributed by atoms with Crippen molar-refractivity contribution >= 4 is 0 Å². The van der Waals surface area contributed by atoms with Gasteiger partial charge in [-0.25, -0.2) is 0 Å². The highest BCUT2D eigenvalue weighted by atomic mass is 16.5. The zero-order chi connectivity index (χ0) is 15.9. The fraction of sp³-hybridized carbons (Fsp3) is 0.625. The fourth-order valence-electron chi connectivity index (χ4n) is 2.74. The Hall–Kier alpha value is -1.50. The highest BCUT2D eigenvalue weighted by molar-refractivity contribution is 5.51. The molecule has 124 valence electrons. The van der Waals surface area contributed by atoms with Crippen LogP contribution in [0.1, 0.15) is 18.1 Å². The minimum absolute atomic E-state index is 0.587. The van der Waals surface area contributed by atoms with Gasteiger partial charge in [0.2, 0.25) is 0 Å². The van der Waals surface area contributed by atoms with Crippen LogP contribution in [-0.2, 0) is 0 Å². The molecule has 1 unspecified atom stereocenters. The molecule has 6 heteroatoms. The number of rotatable bonds is 7. The number of methoxy groups -OCH3 is 3. The molecule has 0 aliphatic carbocycles. The van der Waals surface area contributed by atoms with Gasteiger partial charge < -0.3 is 29.5 Å². The molecule has 0 radical (unpaired) electrons. The van der Waals surface area contributed by atoms with Crippen molar-refractivity contribution in [3.05, 3.63) is 17.7 Å². The summed E-state index contributed by atoms with van der Waals surface area (Å²) in [6, 6.07) is 3.54. The van der Waals surface area contributed by atoms with E-state index in [1.807, 2.05) is 0 Å². The number of ether oxygens (including phenoxy) is 3. The Labute approximate surface area is 132 Å². The zero-order valence-corrected chi connectivity index (χ0v) is 13.6. The third-order valence-electron chi connectivity index (χ3n) is 4.01. The van der Waals surface area contributed by atoms with Crippen LogP contribution in [0.2, 0.25) is 0 Å². The summed E-state index contributed by atoms with van der Waals surface area (Å²) in [7, 11) is 4.76. The van der Waals surface area contributed by atoms with Crippen LogP contribution in [0.4, 0.5) is 0 Å². The average Bonchev–Trinajstić information content (AvgIpc) is 2.59. The maximum absolute atomic E-state index is 10.6. The molecule has 1 aromatic carbocycles. The summed E-state index contributed by atoms with van der Waals surface area (Å²) in [6.45, 7) is 4.89. The largest absolute Gasteiger partial charge is 0.496 e. The topological polar surface area (TPSA) is 63.2 Å². The van der Waals surface area contributed by atoms with E-state index in [1.54, 1.807) is 33.5 Å².